The minimum Gasteiger partial charge on any atom is -0.321 e. The van der Waals surface area contributed by atoms with Crippen LogP contribution in [0.15, 0.2) is 53.9 Å². The zero-order valence-corrected chi connectivity index (χ0v) is 14.8. The molecule has 1 N–H and O–H groups in total. The van der Waals surface area contributed by atoms with Gasteiger partial charge in [0, 0.05) is 11.3 Å². The number of benzene rings is 2. The molecule has 0 unspecified atom stereocenters. The Morgan fingerprint density at radius 1 is 1.17 bits per heavy atom. The maximum absolute atomic E-state index is 13.7. The predicted octanol–water partition coefficient (Wildman–Crippen LogP) is 4.20. The van der Waals surface area contributed by atoms with Crippen molar-refractivity contribution in [1.29, 1.82) is 0 Å². The van der Waals surface area contributed by atoms with E-state index in [4.69, 9.17) is 7.85 Å². The molecule has 0 atom stereocenters. The van der Waals surface area contributed by atoms with Crippen LogP contribution in [0.3, 0.4) is 0 Å². The molecule has 1 amide bonds. The van der Waals surface area contributed by atoms with E-state index >= 15 is 0 Å². The van der Waals surface area contributed by atoms with Gasteiger partial charge in [0.1, 0.15) is 13.7 Å². The lowest BCUT2D eigenvalue weighted by molar-refractivity contribution is 0.102. The first-order chi connectivity index (χ1) is 11.1. The fourth-order valence-corrected chi connectivity index (χ4v) is 3.66. The van der Waals surface area contributed by atoms with E-state index in [1.54, 1.807) is 18.2 Å². The molecule has 1 heterocycles. The molecule has 0 bridgehead atoms. The van der Waals surface area contributed by atoms with Crippen LogP contribution in [-0.4, -0.2) is 13.8 Å². The average molecular weight is 433 g/mol. The maximum Gasteiger partial charge on any atom is 0.257 e. The molecule has 0 fully saturated rings. The van der Waals surface area contributed by atoms with Gasteiger partial charge >= 0.3 is 0 Å². The largest absolute Gasteiger partial charge is 0.321 e. The van der Waals surface area contributed by atoms with Crippen LogP contribution in [0.5, 0.6) is 0 Å². The van der Waals surface area contributed by atoms with Crippen molar-refractivity contribution in [3.63, 3.8) is 0 Å². The smallest absolute Gasteiger partial charge is 0.257 e. The van der Waals surface area contributed by atoms with Crippen molar-refractivity contribution >= 4 is 58.8 Å². The summed E-state index contributed by atoms with van der Waals surface area (Å²) in [6.07, 6.45) is 0. The Morgan fingerprint density at radius 3 is 2.65 bits per heavy atom. The Morgan fingerprint density at radius 2 is 1.96 bits per heavy atom. The van der Waals surface area contributed by atoms with Crippen LogP contribution in [0.2, 0.25) is 0 Å². The number of amides is 1. The predicted molar refractivity (Wildman–Crippen MR) is 102 cm³/mol. The van der Waals surface area contributed by atoms with Gasteiger partial charge in [0.2, 0.25) is 0 Å². The minimum absolute atomic E-state index is 0.100. The van der Waals surface area contributed by atoms with Gasteiger partial charge in [-0.25, -0.2) is 4.39 Å². The minimum atomic E-state index is -0.476. The van der Waals surface area contributed by atoms with Crippen LogP contribution in [0.25, 0.3) is 11.1 Å². The quantitative estimate of drug-likeness (QED) is 0.487. The average Bonchev–Trinajstić information content (AvgIpc) is 2.97. The summed E-state index contributed by atoms with van der Waals surface area (Å²) in [4.78, 5) is 12.4. The van der Waals surface area contributed by atoms with E-state index in [1.807, 2.05) is 23.6 Å². The van der Waals surface area contributed by atoms with Gasteiger partial charge in [-0.15, -0.1) is 11.3 Å². The molecule has 1 aromatic heterocycles. The van der Waals surface area contributed by atoms with Crippen molar-refractivity contribution in [2.24, 2.45) is 0 Å². The third-order valence-electron chi connectivity index (χ3n) is 3.35. The second-order valence-electron chi connectivity index (χ2n) is 4.84. The van der Waals surface area contributed by atoms with Crippen molar-refractivity contribution < 1.29 is 9.18 Å². The molecule has 0 saturated carbocycles. The van der Waals surface area contributed by atoms with Crippen LogP contribution in [-0.2, 0) is 0 Å². The van der Waals surface area contributed by atoms with Crippen molar-refractivity contribution in [3.8, 4) is 11.1 Å². The standard InChI is InChI=1S/C17H10BFINOS/c18-13-6-5-10(9-14(13)19)11-3-1-2-4-15(11)21-17(22)12-7-8-23-16(12)20/h1-9H,(H,21,22). The first kappa shape index (κ1) is 16.2. The van der Waals surface area contributed by atoms with Gasteiger partial charge in [-0.2, -0.15) is 0 Å². The Bertz CT molecular complexity index is 881. The molecule has 3 aromatic rings. The van der Waals surface area contributed by atoms with Gasteiger partial charge in [0.15, 0.2) is 0 Å². The number of thiophene rings is 1. The zero-order valence-electron chi connectivity index (χ0n) is 11.8. The zero-order chi connectivity index (χ0) is 16.4. The molecule has 3 rings (SSSR count). The Hall–Kier alpha value is -1.67. The summed E-state index contributed by atoms with van der Waals surface area (Å²) in [6.45, 7) is 0. The van der Waals surface area contributed by atoms with E-state index in [0.29, 0.717) is 16.8 Å². The van der Waals surface area contributed by atoms with E-state index in [-0.39, 0.29) is 11.4 Å². The van der Waals surface area contributed by atoms with Crippen molar-refractivity contribution in [1.82, 2.24) is 0 Å². The van der Waals surface area contributed by atoms with Crippen LogP contribution in [0, 0.1) is 8.70 Å². The first-order valence-electron chi connectivity index (χ1n) is 6.75. The summed E-state index contributed by atoms with van der Waals surface area (Å²) in [7, 11) is 5.52. The Balaban J connectivity index is 1.96. The SMILES string of the molecule is [B]c1ccc(-c2ccccc2NC(=O)c2ccsc2I)cc1F. The van der Waals surface area contributed by atoms with Crippen molar-refractivity contribution in [3.05, 3.63) is 68.2 Å². The van der Waals surface area contributed by atoms with Crippen LogP contribution in [0.1, 0.15) is 10.4 Å². The normalized spacial score (nSPS) is 10.5. The van der Waals surface area contributed by atoms with Crippen LogP contribution in [0.4, 0.5) is 10.1 Å². The number of anilines is 1. The number of hydrogen-bond acceptors (Lipinski definition) is 2. The molecule has 23 heavy (non-hydrogen) atoms. The molecular weight excluding hydrogens is 423 g/mol. The monoisotopic (exact) mass is 433 g/mol. The highest BCUT2D eigenvalue weighted by Gasteiger charge is 2.14. The molecule has 112 valence electrons. The van der Waals surface area contributed by atoms with Gasteiger partial charge in [0.25, 0.3) is 5.91 Å². The first-order valence-corrected chi connectivity index (χ1v) is 8.71. The third-order valence-corrected chi connectivity index (χ3v) is 5.39. The highest BCUT2D eigenvalue weighted by molar-refractivity contribution is 14.1. The molecular formula is C17H10BFINOS. The summed E-state index contributed by atoms with van der Waals surface area (Å²) >= 11 is 3.65. The van der Waals surface area contributed by atoms with Crippen molar-refractivity contribution in [2.75, 3.05) is 5.32 Å². The number of halogens is 2. The molecule has 0 aliphatic heterocycles. The van der Waals surface area contributed by atoms with E-state index in [0.717, 1.165) is 8.45 Å². The lowest BCUT2D eigenvalue weighted by Gasteiger charge is -2.12. The Kier molecular flexibility index (Phi) is 4.82. The number of rotatable bonds is 3. The molecule has 0 aliphatic rings. The van der Waals surface area contributed by atoms with E-state index < -0.39 is 5.82 Å². The van der Waals surface area contributed by atoms with E-state index in [9.17, 15) is 9.18 Å². The lowest BCUT2D eigenvalue weighted by atomic mass is 9.92. The summed E-state index contributed by atoms with van der Waals surface area (Å²) in [5.41, 5.74) is 2.76. The van der Waals surface area contributed by atoms with Gasteiger partial charge in [-0.05, 0) is 51.7 Å². The van der Waals surface area contributed by atoms with Gasteiger partial charge < -0.3 is 5.32 Å². The second kappa shape index (κ2) is 6.84. The van der Waals surface area contributed by atoms with E-state index in [2.05, 4.69) is 27.9 Å². The molecule has 0 saturated heterocycles. The van der Waals surface area contributed by atoms with Gasteiger partial charge in [-0.3, -0.25) is 4.79 Å². The second-order valence-corrected chi connectivity index (χ2v) is 7.57. The summed E-state index contributed by atoms with van der Waals surface area (Å²) in [5, 5.41) is 4.77. The third kappa shape index (κ3) is 3.48. The molecule has 0 aliphatic carbocycles. The molecule has 2 radical (unpaired) electrons. The van der Waals surface area contributed by atoms with E-state index in [1.165, 1.54) is 23.5 Å². The van der Waals surface area contributed by atoms with Crippen molar-refractivity contribution in [2.45, 2.75) is 0 Å². The molecule has 0 spiro atoms. The number of nitrogens with one attached hydrogen (secondary N) is 1. The van der Waals surface area contributed by atoms with Gasteiger partial charge in [-0.1, -0.05) is 35.8 Å². The van der Waals surface area contributed by atoms with Gasteiger partial charge in [0.05, 0.1) is 8.45 Å². The highest BCUT2D eigenvalue weighted by Crippen LogP contribution is 2.29. The number of para-hydroxylation sites is 1. The summed E-state index contributed by atoms with van der Waals surface area (Å²) in [6, 6.07) is 13.7. The summed E-state index contributed by atoms with van der Waals surface area (Å²) in [5.74, 6) is -0.657. The molecule has 6 heteroatoms. The van der Waals surface area contributed by atoms with Crippen LogP contribution < -0.4 is 10.8 Å². The number of hydrogen-bond donors (Lipinski definition) is 1. The Labute approximate surface area is 152 Å². The lowest BCUT2D eigenvalue weighted by Crippen LogP contribution is -2.13. The summed E-state index contributed by atoms with van der Waals surface area (Å²) < 4.78 is 14.7. The number of carbonyl (C=O) groups excluding carboxylic acids is 1. The fraction of sp³-hybridized carbons (Fsp3) is 0. The molecule has 2 aromatic carbocycles. The fourth-order valence-electron chi connectivity index (χ4n) is 2.18. The topological polar surface area (TPSA) is 29.1 Å². The highest BCUT2D eigenvalue weighted by atomic mass is 127. The number of carbonyl (C=O) groups is 1. The molecule has 2 nitrogen and oxygen atoms in total. The maximum atomic E-state index is 13.7. The van der Waals surface area contributed by atoms with Crippen LogP contribution >= 0.6 is 33.9 Å².